The molecular weight excluding hydrogens is 406 g/mol. The second-order valence-corrected chi connectivity index (χ2v) is 9.05. The van der Waals surface area contributed by atoms with Crippen LogP contribution in [-0.2, 0) is 0 Å². The molecule has 5 rings (SSSR count). The van der Waals surface area contributed by atoms with Crippen molar-refractivity contribution in [1.82, 2.24) is 19.9 Å². The van der Waals surface area contributed by atoms with Crippen molar-refractivity contribution in [2.24, 2.45) is 5.92 Å². The summed E-state index contributed by atoms with van der Waals surface area (Å²) in [5.41, 5.74) is 2.90. The molecule has 2 fully saturated rings. The van der Waals surface area contributed by atoms with Gasteiger partial charge >= 0.3 is 5.76 Å². The zero-order valence-corrected chi connectivity index (χ0v) is 18.7. The van der Waals surface area contributed by atoms with Gasteiger partial charge in [-0.05, 0) is 62.9 Å². The standard InChI is InChI=1S/C23H31N7O2/c1-29(2)19-14-25-22(26-16-8-9-20-17(12-16)27-23(31)32-20)28-21(19)24-13-15-6-5-11-30-10-4-3-7-18(15)30/h8-9,12,14-15,18H,3-7,10-11,13H2,1-2H3,(H,27,31)(H2,24,25,26,28)/t15-,18+/m0/s1. The van der Waals surface area contributed by atoms with Gasteiger partial charge in [0.15, 0.2) is 11.4 Å². The molecule has 2 saturated heterocycles. The number of benzene rings is 1. The first-order valence-corrected chi connectivity index (χ1v) is 11.5. The highest BCUT2D eigenvalue weighted by Gasteiger charge is 2.32. The minimum absolute atomic E-state index is 0.463. The lowest BCUT2D eigenvalue weighted by Gasteiger charge is -2.44. The number of H-pyrrole nitrogens is 1. The van der Waals surface area contributed by atoms with E-state index in [1.165, 1.54) is 45.2 Å². The normalized spacial score (nSPS) is 21.3. The fraction of sp³-hybridized carbons (Fsp3) is 0.522. The van der Waals surface area contributed by atoms with Gasteiger partial charge in [0.2, 0.25) is 5.95 Å². The Labute approximate surface area is 187 Å². The first kappa shape index (κ1) is 20.8. The van der Waals surface area contributed by atoms with Gasteiger partial charge in [-0.25, -0.2) is 9.78 Å². The molecule has 0 radical (unpaired) electrons. The molecule has 0 aliphatic carbocycles. The molecule has 4 heterocycles. The van der Waals surface area contributed by atoms with Gasteiger partial charge in [-0.2, -0.15) is 4.98 Å². The number of aromatic nitrogens is 3. The maximum atomic E-state index is 11.4. The number of hydrogen-bond donors (Lipinski definition) is 3. The van der Waals surface area contributed by atoms with Gasteiger partial charge in [0, 0.05) is 32.4 Å². The summed E-state index contributed by atoms with van der Waals surface area (Å²) in [6.07, 6.45) is 8.37. The molecule has 3 aromatic rings. The van der Waals surface area contributed by atoms with E-state index in [2.05, 4.69) is 25.5 Å². The van der Waals surface area contributed by atoms with Crippen molar-refractivity contribution in [3.63, 3.8) is 0 Å². The molecule has 0 bridgehead atoms. The lowest BCUT2D eigenvalue weighted by molar-refractivity contribution is 0.0649. The number of nitrogens with zero attached hydrogens (tertiary/aromatic N) is 4. The number of oxazole rings is 1. The molecule has 0 spiro atoms. The largest absolute Gasteiger partial charge is 0.417 e. The zero-order chi connectivity index (χ0) is 22.1. The number of anilines is 4. The van der Waals surface area contributed by atoms with E-state index in [1.807, 2.05) is 37.3 Å². The lowest BCUT2D eigenvalue weighted by atomic mass is 9.83. The Hall–Kier alpha value is -3.07. The number of fused-ring (bicyclic) bond motifs is 2. The summed E-state index contributed by atoms with van der Waals surface area (Å²) in [5.74, 6) is 1.52. The molecule has 0 saturated carbocycles. The van der Waals surface area contributed by atoms with Crippen LogP contribution in [0.1, 0.15) is 32.1 Å². The smallest absolute Gasteiger partial charge is 0.408 e. The molecule has 170 valence electrons. The first-order valence-electron chi connectivity index (χ1n) is 11.5. The summed E-state index contributed by atoms with van der Waals surface area (Å²) >= 11 is 0. The Bertz CT molecular complexity index is 1140. The van der Waals surface area contributed by atoms with Crippen molar-refractivity contribution in [2.75, 3.05) is 49.3 Å². The van der Waals surface area contributed by atoms with Crippen LogP contribution >= 0.6 is 0 Å². The number of hydrogen-bond acceptors (Lipinski definition) is 8. The average Bonchev–Trinajstić information content (AvgIpc) is 3.17. The SMILES string of the molecule is CN(C)c1cnc(Nc2ccc3oc(=O)[nH]c3c2)nc1NC[C@@H]1CCCN2CCCC[C@H]12. The predicted octanol–water partition coefficient (Wildman–Crippen LogP) is 3.40. The summed E-state index contributed by atoms with van der Waals surface area (Å²) in [5, 5.41) is 6.88. The predicted molar refractivity (Wildman–Crippen MR) is 127 cm³/mol. The van der Waals surface area contributed by atoms with Gasteiger partial charge in [0.05, 0.1) is 17.4 Å². The fourth-order valence-corrected chi connectivity index (χ4v) is 5.09. The molecule has 0 amide bonds. The number of rotatable bonds is 6. The van der Waals surface area contributed by atoms with Crippen LogP contribution in [0.25, 0.3) is 11.1 Å². The van der Waals surface area contributed by atoms with Crippen LogP contribution in [0.5, 0.6) is 0 Å². The quantitative estimate of drug-likeness (QED) is 0.539. The van der Waals surface area contributed by atoms with Crippen LogP contribution in [0, 0.1) is 5.92 Å². The van der Waals surface area contributed by atoms with Crippen molar-refractivity contribution in [2.45, 2.75) is 38.1 Å². The van der Waals surface area contributed by atoms with Gasteiger partial charge in [-0.1, -0.05) is 6.42 Å². The molecule has 1 aromatic carbocycles. The highest BCUT2D eigenvalue weighted by Crippen LogP contribution is 2.32. The number of nitrogens with one attached hydrogen (secondary N) is 3. The summed E-state index contributed by atoms with van der Waals surface area (Å²) < 4.78 is 5.07. The second-order valence-electron chi connectivity index (χ2n) is 9.05. The molecule has 9 nitrogen and oxygen atoms in total. The lowest BCUT2D eigenvalue weighted by Crippen LogP contribution is -2.49. The summed E-state index contributed by atoms with van der Waals surface area (Å²) in [4.78, 5) is 28.1. The van der Waals surface area contributed by atoms with Gasteiger partial charge in [0.25, 0.3) is 0 Å². The van der Waals surface area contributed by atoms with Gasteiger partial charge < -0.3 is 24.9 Å². The van der Waals surface area contributed by atoms with Crippen LogP contribution in [0.3, 0.4) is 0 Å². The minimum Gasteiger partial charge on any atom is -0.408 e. The van der Waals surface area contributed by atoms with Crippen LogP contribution in [0.15, 0.2) is 33.6 Å². The third-order valence-corrected chi connectivity index (χ3v) is 6.69. The van der Waals surface area contributed by atoms with Crippen LogP contribution in [-0.4, -0.2) is 59.6 Å². The van der Waals surface area contributed by atoms with Gasteiger partial charge in [-0.15, -0.1) is 0 Å². The monoisotopic (exact) mass is 437 g/mol. The van der Waals surface area contributed by atoms with E-state index in [-0.39, 0.29) is 0 Å². The number of aromatic amines is 1. The van der Waals surface area contributed by atoms with E-state index in [0.717, 1.165) is 23.7 Å². The highest BCUT2D eigenvalue weighted by atomic mass is 16.4. The third-order valence-electron chi connectivity index (χ3n) is 6.69. The van der Waals surface area contributed by atoms with E-state index in [1.54, 1.807) is 6.07 Å². The molecule has 2 aliphatic rings. The van der Waals surface area contributed by atoms with E-state index < -0.39 is 5.76 Å². The molecule has 0 unspecified atom stereocenters. The molecule has 32 heavy (non-hydrogen) atoms. The topological polar surface area (TPSA) is 102 Å². The maximum absolute atomic E-state index is 11.4. The van der Waals surface area contributed by atoms with Crippen molar-refractivity contribution in [3.8, 4) is 0 Å². The molecule has 2 aromatic heterocycles. The molecular formula is C23H31N7O2. The fourth-order valence-electron chi connectivity index (χ4n) is 5.09. The van der Waals surface area contributed by atoms with E-state index in [0.29, 0.717) is 29.0 Å². The van der Waals surface area contributed by atoms with Crippen molar-refractivity contribution in [3.05, 3.63) is 34.9 Å². The number of piperidine rings is 2. The Balaban J connectivity index is 1.33. The van der Waals surface area contributed by atoms with E-state index in [9.17, 15) is 4.79 Å². The first-order chi connectivity index (χ1) is 15.6. The summed E-state index contributed by atoms with van der Waals surface area (Å²) in [6.45, 7) is 3.41. The Morgan fingerprint density at radius 1 is 1.22 bits per heavy atom. The molecule has 9 heteroatoms. The molecule has 2 atom stereocenters. The minimum atomic E-state index is -0.463. The van der Waals surface area contributed by atoms with Crippen LogP contribution in [0.4, 0.5) is 23.1 Å². The Morgan fingerprint density at radius 3 is 2.97 bits per heavy atom. The van der Waals surface area contributed by atoms with E-state index in [4.69, 9.17) is 9.40 Å². The van der Waals surface area contributed by atoms with Crippen molar-refractivity contribution < 1.29 is 4.42 Å². The summed E-state index contributed by atoms with van der Waals surface area (Å²) in [7, 11) is 4.01. The third kappa shape index (κ3) is 4.29. The molecule has 3 N–H and O–H groups in total. The van der Waals surface area contributed by atoms with Gasteiger partial charge in [0.1, 0.15) is 0 Å². The zero-order valence-electron chi connectivity index (χ0n) is 18.7. The summed E-state index contributed by atoms with van der Waals surface area (Å²) in [6, 6.07) is 6.10. The maximum Gasteiger partial charge on any atom is 0.417 e. The van der Waals surface area contributed by atoms with E-state index >= 15 is 0 Å². The van der Waals surface area contributed by atoms with Crippen molar-refractivity contribution >= 4 is 34.2 Å². The molecule has 2 aliphatic heterocycles. The Morgan fingerprint density at radius 2 is 2.09 bits per heavy atom. The van der Waals surface area contributed by atoms with Crippen molar-refractivity contribution in [1.29, 1.82) is 0 Å². The highest BCUT2D eigenvalue weighted by molar-refractivity contribution is 5.78. The van der Waals surface area contributed by atoms with Gasteiger partial charge in [-0.3, -0.25) is 4.98 Å². The average molecular weight is 438 g/mol. The second kappa shape index (κ2) is 8.82. The Kier molecular flexibility index (Phi) is 5.73. The van der Waals surface area contributed by atoms with Crippen LogP contribution in [0.2, 0.25) is 0 Å². The van der Waals surface area contributed by atoms with Crippen LogP contribution < -0.4 is 21.3 Å².